The van der Waals surface area contributed by atoms with E-state index in [2.05, 4.69) is 22.2 Å². The van der Waals surface area contributed by atoms with Gasteiger partial charge in [-0.25, -0.2) is 4.98 Å². The van der Waals surface area contributed by atoms with Crippen molar-refractivity contribution in [2.24, 2.45) is 0 Å². The van der Waals surface area contributed by atoms with Crippen molar-refractivity contribution in [2.75, 3.05) is 25.5 Å². The molecule has 1 atom stereocenters. The van der Waals surface area contributed by atoms with E-state index in [4.69, 9.17) is 0 Å². The van der Waals surface area contributed by atoms with Crippen molar-refractivity contribution in [3.05, 3.63) is 40.6 Å². The van der Waals surface area contributed by atoms with Gasteiger partial charge in [-0.2, -0.15) is 0 Å². The number of hydrogen-bond donors (Lipinski definition) is 1. The molecule has 1 aromatic carbocycles. The zero-order valence-electron chi connectivity index (χ0n) is 12.0. The smallest absolute Gasteiger partial charge is 0.311 e. The highest BCUT2D eigenvalue weighted by atomic mass is 16.6. The average Bonchev–Trinajstić information content (AvgIpc) is 2.47. The van der Waals surface area contributed by atoms with Crippen molar-refractivity contribution in [1.29, 1.82) is 0 Å². The van der Waals surface area contributed by atoms with Crippen LogP contribution in [0.25, 0.3) is 10.9 Å². The molecule has 2 aromatic rings. The monoisotopic (exact) mass is 286 g/mol. The van der Waals surface area contributed by atoms with E-state index in [1.807, 2.05) is 24.3 Å². The maximum Gasteiger partial charge on any atom is 0.311 e. The van der Waals surface area contributed by atoms with E-state index in [-0.39, 0.29) is 16.7 Å². The largest absolute Gasteiger partial charge is 0.375 e. The molecule has 0 aliphatic carbocycles. The molecule has 3 rings (SSSR count). The zero-order valence-corrected chi connectivity index (χ0v) is 12.0. The summed E-state index contributed by atoms with van der Waals surface area (Å²) in [5.74, 6) is 0. The first-order chi connectivity index (χ1) is 10.1. The van der Waals surface area contributed by atoms with Gasteiger partial charge in [-0.1, -0.05) is 18.2 Å². The lowest BCUT2D eigenvalue weighted by Gasteiger charge is -2.31. The van der Waals surface area contributed by atoms with E-state index in [1.54, 1.807) is 0 Å². The van der Waals surface area contributed by atoms with Gasteiger partial charge in [0.15, 0.2) is 0 Å². The fourth-order valence-electron chi connectivity index (χ4n) is 2.91. The standard InChI is InChI=1S/C15H18N4O2/c1-18-8-4-5-11(10-18)17-15-12-6-2-3-7-13(12)16-9-14(15)19(20)21/h2-3,6-7,9,11H,4-5,8,10H2,1H3,(H,16,17). The summed E-state index contributed by atoms with van der Waals surface area (Å²) >= 11 is 0. The average molecular weight is 286 g/mol. The number of likely N-dealkylation sites (N-methyl/N-ethyl adjacent to an activating group) is 1. The Morgan fingerprint density at radius 2 is 2.24 bits per heavy atom. The summed E-state index contributed by atoms with van der Waals surface area (Å²) in [6.45, 7) is 1.98. The minimum absolute atomic E-state index is 0.0435. The van der Waals surface area contributed by atoms with Gasteiger partial charge in [0.1, 0.15) is 11.9 Å². The third-order valence-corrected chi connectivity index (χ3v) is 3.93. The first kappa shape index (κ1) is 13.8. The van der Waals surface area contributed by atoms with Crippen molar-refractivity contribution in [1.82, 2.24) is 9.88 Å². The lowest BCUT2D eigenvalue weighted by atomic mass is 10.0. The second kappa shape index (κ2) is 5.65. The van der Waals surface area contributed by atoms with Gasteiger partial charge in [-0.3, -0.25) is 10.1 Å². The molecule has 0 bridgehead atoms. The molecule has 1 N–H and O–H groups in total. The Balaban J connectivity index is 2.01. The highest BCUT2D eigenvalue weighted by Gasteiger charge is 2.23. The molecule has 110 valence electrons. The molecule has 0 amide bonds. The molecule has 6 nitrogen and oxygen atoms in total. The number of hydrogen-bond acceptors (Lipinski definition) is 5. The Labute approximate surface area is 122 Å². The van der Waals surface area contributed by atoms with Crippen molar-refractivity contribution in [3.63, 3.8) is 0 Å². The number of para-hydroxylation sites is 1. The van der Waals surface area contributed by atoms with E-state index < -0.39 is 0 Å². The highest BCUT2D eigenvalue weighted by Crippen LogP contribution is 2.32. The number of rotatable bonds is 3. The van der Waals surface area contributed by atoms with Crippen LogP contribution in [0, 0.1) is 10.1 Å². The van der Waals surface area contributed by atoms with Gasteiger partial charge in [0.2, 0.25) is 0 Å². The SMILES string of the molecule is CN1CCCC(Nc2c([N+](=O)[O-])cnc3ccccc23)C1. The molecule has 1 fully saturated rings. The van der Waals surface area contributed by atoms with Crippen LogP contribution in [0.1, 0.15) is 12.8 Å². The van der Waals surface area contributed by atoms with Gasteiger partial charge < -0.3 is 10.2 Å². The van der Waals surface area contributed by atoms with Crippen LogP contribution < -0.4 is 5.32 Å². The number of piperidine rings is 1. The third-order valence-electron chi connectivity index (χ3n) is 3.93. The van der Waals surface area contributed by atoms with Gasteiger partial charge in [0.25, 0.3) is 0 Å². The summed E-state index contributed by atoms with van der Waals surface area (Å²) in [6.07, 6.45) is 3.47. The van der Waals surface area contributed by atoms with Crippen LogP contribution in [0.5, 0.6) is 0 Å². The van der Waals surface area contributed by atoms with Gasteiger partial charge in [-0.15, -0.1) is 0 Å². The number of fused-ring (bicyclic) bond motifs is 1. The third kappa shape index (κ3) is 2.80. The fourth-order valence-corrected chi connectivity index (χ4v) is 2.91. The van der Waals surface area contributed by atoms with Crippen LogP contribution in [0.2, 0.25) is 0 Å². The van der Waals surface area contributed by atoms with Crippen molar-refractivity contribution >= 4 is 22.3 Å². The molecule has 0 radical (unpaired) electrons. The Kier molecular flexibility index (Phi) is 3.70. The minimum Gasteiger partial charge on any atom is -0.375 e. The normalized spacial score (nSPS) is 19.6. The fraction of sp³-hybridized carbons (Fsp3) is 0.400. The molecule has 0 saturated carbocycles. The molecule has 0 spiro atoms. The van der Waals surface area contributed by atoms with Crippen LogP contribution in [0.4, 0.5) is 11.4 Å². The molecule has 2 heterocycles. The second-order valence-electron chi connectivity index (χ2n) is 5.54. The Bertz CT molecular complexity index is 674. The highest BCUT2D eigenvalue weighted by molar-refractivity contribution is 5.95. The van der Waals surface area contributed by atoms with Crippen LogP contribution in [0.3, 0.4) is 0 Å². The summed E-state index contributed by atoms with van der Waals surface area (Å²) in [7, 11) is 2.08. The van der Waals surface area contributed by atoms with Crippen LogP contribution >= 0.6 is 0 Å². The molecular formula is C15H18N4O2. The van der Waals surface area contributed by atoms with Crippen molar-refractivity contribution in [2.45, 2.75) is 18.9 Å². The minimum atomic E-state index is -0.367. The number of nitro groups is 1. The number of aromatic nitrogens is 1. The van der Waals surface area contributed by atoms with Gasteiger partial charge >= 0.3 is 5.69 Å². The molecule has 6 heteroatoms. The topological polar surface area (TPSA) is 71.3 Å². The molecule has 21 heavy (non-hydrogen) atoms. The van der Waals surface area contributed by atoms with E-state index >= 15 is 0 Å². The second-order valence-corrected chi connectivity index (χ2v) is 5.54. The summed E-state index contributed by atoms with van der Waals surface area (Å²) in [6, 6.07) is 7.75. The van der Waals surface area contributed by atoms with E-state index in [9.17, 15) is 10.1 Å². The molecule has 1 aliphatic heterocycles. The number of nitrogens with one attached hydrogen (secondary N) is 1. The van der Waals surface area contributed by atoms with Crippen LogP contribution in [-0.2, 0) is 0 Å². The summed E-state index contributed by atoms with van der Waals surface area (Å²) < 4.78 is 0. The predicted molar refractivity (Wildman–Crippen MR) is 82.5 cm³/mol. The number of likely N-dealkylation sites (tertiary alicyclic amines) is 1. The predicted octanol–water partition coefficient (Wildman–Crippen LogP) is 2.65. The lowest BCUT2D eigenvalue weighted by molar-refractivity contribution is -0.384. The summed E-state index contributed by atoms with van der Waals surface area (Å²) in [4.78, 5) is 17.3. The Hall–Kier alpha value is -2.21. The molecule has 1 unspecified atom stereocenters. The summed E-state index contributed by atoms with van der Waals surface area (Å²) in [5.41, 5.74) is 1.41. The maximum atomic E-state index is 11.3. The Morgan fingerprint density at radius 3 is 3.00 bits per heavy atom. The van der Waals surface area contributed by atoms with Crippen LogP contribution in [0.15, 0.2) is 30.5 Å². The molecule has 1 saturated heterocycles. The number of pyridine rings is 1. The molecular weight excluding hydrogens is 268 g/mol. The molecule has 1 aliphatic rings. The van der Waals surface area contributed by atoms with E-state index in [1.165, 1.54) is 6.20 Å². The van der Waals surface area contributed by atoms with Gasteiger partial charge in [0, 0.05) is 18.0 Å². The van der Waals surface area contributed by atoms with Crippen molar-refractivity contribution < 1.29 is 4.92 Å². The maximum absolute atomic E-state index is 11.3. The lowest BCUT2D eigenvalue weighted by Crippen LogP contribution is -2.39. The van der Waals surface area contributed by atoms with Gasteiger partial charge in [0.05, 0.1) is 10.4 Å². The van der Waals surface area contributed by atoms with E-state index in [0.717, 1.165) is 36.8 Å². The molecule has 1 aromatic heterocycles. The van der Waals surface area contributed by atoms with Gasteiger partial charge in [-0.05, 0) is 32.5 Å². The van der Waals surface area contributed by atoms with Crippen LogP contribution in [-0.4, -0.2) is 41.0 Å². The first-order valence-corrected chi connectivity index (χ1v) is 7.12. The summed E-state index contributed by atoms with van der Waals surface area (Å²) in [5, 5.41) is 15.5. The quantitative estimate of drug-likeness (QED) is 0.693. The first-order valence-electron chi connectivity index (χ1n) is 7.12. The zero-order chi connectivity index (χ0) is 14.8. The number of benzene rings is 1. The number of anilines is 1. The number of nitrogens with zero attached hydrogens (tertiary/aromatic N) is 3. The van der Waals surface area contributed by atoms with Crippen molar-refractivity contribution in [3.8, 4) is 0 Å². The van der Waals surface area contributed by atoms with E-state index in [0.29, 0.717) is 5.69 Å². The Morgan fingerprint density at radius 1 is 1.43 bits per heavy atom.